The minimum Gasteiger partial charge on any atom is -0.324 e. The summed E-state index contributed by atoms with van der Waals surface area (Å²) in [7, 11) is -3.73. The van der Waals surface area contributed by atoms with Crippen molar-refractivity contribution in [3.05, 3.63) is 93.4 Å². The highest BCUT2D eigenvalue weighted by molar-refractivity contribution is 9.10. The maximum atomic E-state index is 12.9. The van der Waals surface area contributed by atoms with Crippen molar-refractivity contribution in [2.45, 2.75) is 0 Å². The number of carbonyl (C=O) groups is 2. The van der Waals surface area contributed by atoms with E-state index in [0.29, 0.717) is 16.3 Å². The number of carbonyl (C=O) groups excluding carboxylic acids is 2. The molecule has 0 atom stereocenters. The molecule has 1 amide bonds. The van der Waals surface area contributed by atoms with Crippen LogP contribution in [0.5, 0.6) is 0 Å². The fraction of sp³-hybridized carbons (Fsp3) is 0.0909. The summed E-state index contributed by atoms with van der Waals surface area (Å²) >= 11 is 9.36. The third kappa shape index (κ3) is 5.94. The standard InChI is InChI=1S/C22H18BrClN2O4S/c1-31(29,30)26(18-10-7-16(23)8-11-18)14-21(27)25-20-12-9-17(24)13-19(20)22(28)15-5-3-2-4-6-15/h2-13H,14H2,1H3,(H,25,27). The van der Waals surface area contributed by atoms with Crippen molar-refractivity contribution in [3.63, 3.8) is 0 Å². The molecular weight excluding hydrogens is 504 g/mol. The van der Waals surface area contributed by atoms with Crippen molar-refractivity contribution in [3.8, 4) is 0 Å². The molecule has 0 saturated carbocycles. The summed E-state index contributed by atoms with van der Waals surface area (Å²) < 4.78 is 26.3. The summed E-state index contributed by atoms with van der Waals surface area (Å²) in [6.07, 6.45) is 1.02. The predicted molar refractivity (Wildman–Crippen MR) is 126 cm³/mol. The Labute approximate surface area is 194 Å². The monoisotopic (exact) mass is 520 g/mol. The first-order chi connectivity index (χ1) is 14.6. The second-order valence-electron chi connectivity index (χ2n) is 6.68. The number of sulfonamides is 1. The van der Waals surface area contributed by atoms with Crippen LogP contribution in [0.4, 0.5) is 11.4 Å². The molecule has 0 bridgehead atoms. The van der Waals surface area contributed by atoms with E-state index in [9.17, 15) is 18.0 Å². The number of hydrogen-bond donors (Lipinski definition) is 1. The average Bonchev–Trinajstić information content (AvgIpc) is 2.73. The van der Waals surface area contributed by atoms with Crippen molar-refractivity contribution in [2.24, 2.45) is 0 Å². The molecule has 6 nitrogen and oxygen atoms in total. The highest BCUT2D eigenvalue weighted by Crippen LogP contribution is 2.25. The van der Waals surface area contributed by atoms with Crippen LogP contribution in [-0.4, -0.2) is 32.9 Å². The van der Waals surface area contributed by atoms with E-state index in [1.54, 1.807) is 60.7 Å². The van der Waals surface area contributed by atoms with Gasteiger partial charge in [-0.1, -0.05) is 57.9 Å². The van der Waals surface area contributed by atoms with Crippen LogP contribution in [0.25, 0.3) is 0 Å². The SMILES string of the molecule is CS(=O)(=O)N(CC(=O)Nc1ccc(Cl)cc1C(=O)c1ccccc1)c1ccc(Br)cc1. The van der Waals surface area contributed by atoms with Crippen LogP contribution in [0.3, 0.4) is 0 Å². The Morgan fingerprint density at radius 3 is 2.26 bits per heavy atom. The molecule has 0 aromatic heterocycles. The van der Waals surface area contributed by atoms with Gasteiger partial charge in [-0.05, 0) is 42.5 Å². The zero-order valence-electron chi connectivity index (χ0n) is 16.4. The highest BCUT2D eigenvalue weighted by Gasteiger charge is 2.22. The molecule has 0 fully saturated rings. The van der Waals surface area contributed by atoms with Crippen molar-refractivity contribution in [1.82, 2.24) is 0 Å². The van der Waals surface area contributed by atoms with E-state index in [0.717, 1.165) is 15.0 Å². The van der Waals surface area contributed by atoms with Gasteiger partial charge in [-0.25, -0.2) is 8.42 Å². The fourth-order valence-corrected chi connectivity index (χ4v) is 4.18. The highest BCUT2D eigenvalue weighted by atomic mass is 79.9. The van der Waals surface area contributed by atoms with E-state index < -0.39 is 22.5 Å². The molecule has 160 valence electrons. The number of halogens is 2. The van der Waals surface area contributed by atoms with Gasteiger partial charge >= 0.3 is 0 Å². The molecule has 1 N–H and O–H groups in total. The van der Waals surface area contributed by atoms with Crippen LogP contribution < -0.4 is 9.62 Å². The van der Waals surface area contributed by atoms with Gasteiger partial charge in [0.05, 0.1) is 17.6 Å². The average molecular weight is 522 g/mol. The summed E-state index contributed by atoms with van der Waals surface area (Å²) in [6.45, 7) is -0.456. The number of nitrogens with zero attached hydrogens (tertiary/aromatic N) is 1. The Balaban J connectivity index is 1.87. The molecule has 0 spiro atoms. The predicted octanol–water partition coefficient (Wildman–Crippen LogP) is 4.74. The zero-order valence-corrected chi connectivity index (χ0v) is 19.5. The first-order valence-electron chi connectivity index (χ1n) is 9.07. The Morgan fingerprint density at radius 2 is 1.65 bits per heavy atom. The van der Waals surface area contributed by atoms with Crippen LogP contribution in [0.2, 0.25) is 5.02 Å². The lowest BCUT2D eigenvalue weighted by Gasteiger charge is -2.22. The van der Waals surface area contributed by atoms with Gasteiger partial charge in [-0.3, -0.25) is 13.9 Å². The normalized spacial score (nSPS) is 11.1. The molecule has 0 aliphatic rings. The van der Waals surface area contributed by atoms with Gasteiger partial charge in [0.2, 0.25) is 15.9 Å². The van der Waals surface area contributed by atoms with Crippen LogP contribution in [0.1, 0.15) is 15.9 Å². The molecule has 3 aromatic carbocycles. The lowest BCUT2D eigenvalue weighted by molar-refractivity contribution is -0.114. The van der Waals surface area contributed by atoms with Crippen molar-refractivity contribution in [2.75, 3.05) is 22.4 Å². The molecule has 0 unspecified atom stereocenters. The van der Waals surface area contributed by atoms with Crippen molar-refractivity contribution in [1.29, 1.82) is 0 Å². The van der Waals surface area contributed by atoms with Gasteiger partial charge in [0, 0.05) is 20.6 Å². The molecule has 31 heavy (non-hydrogen) atoms. The first-order valence-corrected chi connectivity index (χ1v) is 12.1. The van der Waals surface area contributed by atoms with Crippen LogP contribution in [0, 0.1) is 0 Å². The third-order valence-corrected chi connectivity index (χ3v) is 6.24. The number of nitrogens with one attached hydrogen (secondary N) is 1. The second-order valence-corrected chi connectivity index (χ2v) is 9.94. The van der Waals surface area contributed by atoms with E-state index in [4.69, 9.17) is 11.6 Å². The second kappa shape index (κ2) is 9.64. The van der Waals surface area contributed by atoms with E-state index >= 15 is 0 Å². The van der Waals surface area contributed by atoms with Crippen LogP contribution >= 0.6 is 27.5 Å². The number of benzene rings is 3. The van der Waals surface area contributed by atoms with Crippen molar-refractivity contribution >= 4 is 60.6 Å². The molecule has 3 aromatic rings. The molecular formula is C22H18BrClN2O4S. The first kappa shape index (κ1) is 23.0. The van der Waals surface area contributed by atoms with Gasteiger partial charge in [-0.2, -0.15) is 0 Å². The van der Waals surface area contributed by atoms with Gasteiger partial charge < -0.3 is 5.32 Å². The molecule has 0 saturated heterocycles. The molecule has 3 rings (SSSR count). The summed E-state index contributed by atoms with van der Waals surface area (Å²) in [5.74, 6) is -0.913. The molecule has 0 aliphatic carbocycles. The number of rotatable bonds is 7. The molecule has 9 heteroatoms. The number of anilines is 2. The van der Waals surface area contributed by atoms with Crippen molar-refractivity contribution < 1.29 is 18.0 Å². The minimum absolute atomic E-state index is 0.210. The lowest BCUT2D eigenvalue weighted by Crippen LogP contribution is -2.37. The minimum atomic E-state index is -3.73. The Kier molecular flexibility index (Phi) is 7.15. The summed E-state index contributed by atoms with van der Waals surface area (Å²) in [5.41, 5.74) is 1.24. The van der Waals surface area contributed by atoms with Gasteiger partial charge in [0.25, 0.3) is 0 Å². The lowest BCUT2D eigenvalue weighted by atomic mass is 10.0. The smallest absolute Gasteiger partial charge is 0.245 e. The Bertz CT molecular complexity index is 1220. The molecule has 0 radical (unpaired) electrons. The number of ketones is 1. The Morgan fingerprint density at radius 1 is 1.00 bits per heavy atom. The summed E-state index contributed by atoms with van der Waals surface area (Å²) in [6, 6.07) is 19.6. The zero-order chi connectivity index (χ0) is 22.6. The van der Waals surface area contributed by atoms with Gasteiger partial charge in [0.1, 0.15) is 6.54 Å². The fourth-order valence-electron chi connectivity index (χ4n) is 2.89. The topological polar surface area (TPSA) is 83.6 Å². The maximum absolute atomic E-state index is 12.9. The molecule has 0 heterocycles. The summed E-state index contributed by atoms with van der Waals surface area (Å²) in [4.78, 5) is 25.7. The van der Waals surface area contributed by atoms with E-state index in [2.05, 4.69) is 21.2 Å². The number of amides is 1. The maximum Gasteiger partial charge on any atom is 0.245 e. The number of hydrogen-bond acceptors (Lipinski definition) is 4. The van der Waals surface area contributed by atoms with Gasteiger partial charge in [0.15, 0.2) is 5.78 Å². The quantitative estimate of drug-likeness (QED) is 0.455. The van der Waals surface area contributed by atoms with Gasteiger partial charge in [-0.15, -0.1) is 0 Å². The largest absolute Gasteiger partial charge is 0.324 e. The van der Waals surface area contributed by atoms with E-state index in [1.807, 2.05) is 0 Å². The molecule has 0 aliphatic heterocycles. The van der Waals surface area contributed by atoms with Crippen LogP contribution in [0.15, 0.2) is 77.3 Å². The van der Waals surface area contributed by atoms with E-state index in [-0.39, 0.29) is 17.0 Å². The summed E-state index contributed by atoms with van der Waals surface area (Å²) in [5, 5.41) is 2.98. The van der Waals surface area contributed by atoms with E-state index in [1.165, 1.54) is 12.1 Å². The third-order valence-electron chi connectivity index (χ3n) is 4.34. The Hall–Kier alpha value is -2.68. The van der Waals surface area contributed by atoms with Crippen LogP contribution in [-0.2, 0) is 14.8 Å².